The van der Waals surface area contributed by atoms with Gasteiger partial charge in [0, 0.05) is 34.3 Å². The molecular weight excluding hydrogens is 470 g/mol. The molecule has 0 N–H and O–H groups in total. The Hall–Kier alpha value is -3.09. The molecule has 6 heteroatoms. The van der Waals surface area contributed by atoms with Crippen LogP contribution in [-0.2, 0) is 13.1 Å². The van der Waals surface area contributed by atoms with Gasteiger partial charge in [-0.15, -0.1) is 0 Å². The van der Waals surface area contributed by atoms with Crippen molar-refractivity contribution in [1.29, 1.82) is 0 Å². The number of ether oxygens (including phenoxy) is 3. The summed E-state index contributed by atoms with van der Waals surface area (Å²) < 4.78 is 18.5. The third kappa shape index (κ3) is 3.80. The molecule has 0 atom stereocenters. The fourth-order valence-electron chi connectivity index (χ4n) is 4.22. The van der Waals surface area contributed by atoms with Crippen molar-refractivity contribution in [2.45, 2.75) is 20.0 Å². The molecule has 0 saturated heterocycles. The third-order valence-electron chi connectivity index (χ3n) is 5.73. The Morgan fingerprint density at radius 2 is 1.97 bits per heavy atom. The summed E-state index contributed by atoms with van der Waals surface area (Å²) in [7, 11) is 1.68. The maximum absolute atomic E-state index is 13.1. The summed E-state index contributed by atoms with van der Waals surface area (Å²) in [6.07, 6.45) is 1.78. The minimum Gasteiger partial charge on any atom is -0.496 e. The zero-order valence-corrected chi connectivity index (χ0v) is 19.4. The van der Waals surface area contributed by atoms with Crippen molar-refractivity contribution < 1.29 is 19.0 Å². The van der Waals surface area contributed by atoms with Gasteiger partial charge in [-0.3, -0.25) is 9.69 Å². The fourth-order valence-corrected chi connectivity index (χ4v) is 4.64. The third-order valence-corrected chi connectivity index (χ3v) is 6.23. The van der Waals surface area contributed by atoms with Crippen LogP contribution in [0.1, 0.15) is 32.6 Å². The van der Waals surface area contributed by atoms with Crippen LogP contribution in [-0.4, -0.2) is 24.5 Å². The highest BCUT2D eigenvalue weighted by Gasteiger charge is 2.33. The summed E-state index contributed by atoms with van der Waals surface area (Å²) in [6.45, 7) is 3.78. The molecule has 162 valence electrons. The van der Waals surface area contributed by atoms with Crippen molar-refractivity contribution in [3.8, 4) is 17.2 Å². The summed E-state index contributed by atoms with van der Waals surface area (Å²) in [5.74, 6) is 2.47. The number of methoxy groups -OCH3 is 1. The average molecular weight is 492 g/mol. The summed E-state index contributed by atoms with van der Waals surface area (Å²) in [6, 6.07) is 17.6. The zero-order chi connectivity index (χ0) is 22.2. The summed E-state index contributed by atoms with van der Waals surface area (Å²) in [5.41, 5.74) is 4.43. The molecule has 3 aromatic rings. The number of Topliss-reactive ketones (excluding diaryl/α,β-unsaturated/α-hetero) is 1. The van der Waals surface area contributed by atoms with Crippen LogP contribution in [0.15, 0.2) is 64.8 Å². The average Bonchev–Trinajstić information content (AvgIpc) is 3.10. The normalized spacial score (nSPS) is 16.3. The van der Waals surface area contributed by atoms with Gasteiger partial charge >= 0.3 is 0 Å². The number of hydrogen-bond acceptors (Lipinski definition) is 5. The van der Waals surface area contributed by atoms with Crippen LogP contribution in [0.3, 0.4) is 0 Å². The molecule has 0 bridgehead atoms. The van der Waals surface area contributed by atoms with Gasteiger partial charge in [0.15, 0.2) is 5.76 Å². The van der Waals surface area contributed by atoms with Crippen molar-refractivity contribution in [3.63, 3.8) is 0 Å². The van der Waals surface area contributed by atoms with E-state index in [-0.39, 0.29) is 5.78 Å². The van der Waals surface area contributed by atoms with Crippen LogP contribution in [0.25, 0.3) is 6.08 Å². The molecule has 5 nitrogen and oxygen atoms in total. The van der Waals surface area contributed by atoms with Gasteiger partial charge < -0.3 is 14.2 Å². The van der Waals surface area contributed by atoms with Crippen LogP contribution >= 0.6 is 15.9 Å². The monoisotopic (exact) mass is 491 g/mol. The van der Waals surface area contributed by atoms with Crippen molar-refractivity contribution in [3.05, 3.63) is 92.6 Å². The quantitative estimate of drug-likeness (QED) is 0.435. The van der Waals surface area contributed by atoms with Gasteiger partial charge in [-0.2, -0.15) is 0 Å². The van der Waals surface area contributed by atoms with E-state index in [4.69, 9.17) is 14.2 Å². The molecule has 2 aliphatic rings. The molecule has 0 saturated carbocycles. The fraction of sp³-hybridized carbons (Fsp3) is 0.192. The standard InChI is InChI=1S/C26H22BrNO4/c1-16-25-19(14-28(15-31-25)13-18-7-3-4-9-22(18)30-2)12-21-24(29)23(32-26(16)21)11-17-6-5-8-20(27)10-17/h3-12H,13-15H2,1-2H3/b23-11-. The first-order valence-electron chi connectivity index (χ1n) is 10.4. The van der Waals surface area contributed by atoms with Crippen LogP contribution in [0.5, 0.6) is 17.2 Å². The Balaban J connectivity index is 1.42. The Kier molecular flexibility index (Phi) is 5.49. The minimum atomic E-state index is -0.104. The molecule has 2 heterocycles. The smallest absolute Gasteiger partial charge is 0.231 e. The van der Waals surface area contributed by atoms with Gasteiger partial charge in [0.2, 0.25) is 5.78 Å². The molecule has 0 aromatic heterocycles. The van der Waals surface area contributed by atoms with E-state index in [9.17, 15) is 4.79 Å². The van der Waals surface area contributed by atoms with E-state index in [1.54, 1.807) is 13.2 Å². The second kappa shape index (κ2) is 8.45. The van der Waals surface area contributed by atoms with Crippen molar-refractivity contribution in [1.82, 2.24) is 4.90 Å². The van der Waals surface area contributed by atoms with E-state index >= 15 is 0 Å². The molecule has 32 heavy (non-hydrogen) atoms. The number of para-hydroxylation sites is 1. The van der Waals surface area contributed by atoms with Crippen molar-refractivity contribution in [2.24, 2.45) is 0 Å². The molecule has 3 aromatic carbocycles. The predicted octanol–water partition coefficient (Wildman–Crippen LogP) is 5.73. The lowest BCUT2D eigenvalue weighted by molar-refractivity contribution is 0.0869. The highest BCUT2D eigenvalue weighted by molar-refractivity contribution is 9.10. The van der Waals surface area contributed by atoms with Crippen LogP contribution in [0.2, 0.25) is 0 Å². The van der Waals surface area contributed by atoms with Gasteiger partial charge in [0.05, 0.1) is 12.7 Å². The van der Waals surface area contributed by atoms with Crippen LogP contribution < -0.4 is 14.2 Å². The number of fused-ring (bicyclic) bond motifs is 2. The first kappa shape index (κ1) is 20.8. The van der Waals surface area contributed by atoms with E-state index in [0.717, 1.165) is 38.2 Å². The summed E-state index contributed by atoms with van der Waals surface area (Å²) >= 11 is 3.47. The lowest BCUT2D eigenvalue weighted by atomic mass is 9.99. The van der Waals surface area contributed by atoms with E-state index in [2.05, 4.69) is 26.9 Å². The number of rotatable bonds is 4. The Morgan fingerprint density at radius 3 is 2.78 bits per heavy atom. The summed E-state index contributed by atoms with van der Waals surface area (Å²) in [5, 5.41) is 0. The zero-order valence-electron chi connectivity index (χ0n) is 17.9. The summed E-state index contributed by atoms with van der Waals surface area (Å²) in [4.78, 5) is 15.3. The molecule has 0 radical (unpaired) electrons. The Morgan fingerprint density at radius 1 is 1.12 bits per heavy atom. The van der Waals surface area contributed by atoms with Gasteiger partial charge in [-0.25, -0.2) is 0 Å². The number of halogens is 1. The molecule has 2 aliphatic heterocycles. The SMILES string of the molecule is COc1ccccc1CN1COc2c(cc3c(c2C)O/C(=C\c2cccc(Br)c2)C3=O)C1. The lowest BCUT2D eigenvalue weighted by Gasteiger charge is -2.30. The molecule has 5 rings (SSSR count). The number of ketones is 1. The van der Waals surface area contributed by atoms with E-state index in [0.29, 0.717) is 36.9 Å². The number of benzene rings is 3. The molecule has 0 fully saturated rings. The van der Waals surface area contributed by atoms with Gasteiger partial charge in [0.1, 0.15) is 24.0 Å². The number of hydrogen-bond donors (Lipinski definition) is 0. The minimum absolute atomic E-state index is 0.104. The van der Waals surface area contributed by atoms with Gasteiger partial charge in [0.25, 0.3) is 0 Å². The highest BCUT2D eigenvalue weighted by atomic mass is 79.9. The second-order valence-electron chi connectivity index (χ2n) is 7.93. The largest absolute Gasteiger partial charge is 0.496 e. The Labute approximate surface area is 195 Å². The number of allylic oxidation sites excluding steroid dienone is 1. The van der Waals surface area contributed by atoms with Crippen molar-refractivity contribution in [2.75, 3.05) is 13.8 Å². The van der Waals surface area contributed by atoms with Crippen LogP contribution in [0.4, 0.5) is 0 Å². The van der Waals surface area contributed by atoms with E-state index in [1.165, 1.54) is 0 Å². The maximum Gasteiger partial charge on any atom is 0.231 e. The highest BCUT2D eigenvalue weighted by Crippen LogP contribution is 2.43. The first-order chi connectivity index (χ1) is 15.5. The van der Waals surface area contributed by atoms with Gasteiger partial charge in [-0.05, 0) is 42.8 Å². The molecule has 0 spiro atoms. The predicted molar refractivity (Wildman–Crippen MR) is 126 cm³/mol. The second-order valence-corrected chi connectivity index (χ2v) is 8.85. The van der Waals surface area contributed by atoms with E-state index < -0.39 is 0 Å². The Bertz CT molecular complexity index is 1250. The lowest BCUT2D eigenvalue weighted by Crippen LogP contribution is -2.32. The molecule has 0 aliphatic carbocycles. The molecule has 0 amide bonds. The van der Waals surface area contributed by atoms with Crippen molar-refractivity contribution >= 4 is 27.8 Å². The maximum atomic E-state index is 13.1. The van der Waals surface area contributed by atoms with Gasteiger partial charge in [-0.1, -0.05) is 46.3 Å². The van der Waals surface area contributed by atoms with E-state index in [1.807, 2.05) is 55.5 Å². The van der Waals surface area contributed by atoms with Crippen LogP contribution in [0, 0.1) is 6.92 Å². The topological polar surface area (TPSA) is 48.0 Å². The molecular formula is C26H22BrNO4. The number of carbonyl (C=O) groups excluding carboxylic acids is 1. The number of carbonyl (C=O) groups is 1. The number of nitrogens with zero attached hydrogens (tertiary/aromatic N) is 1. The molecule has 0 unspecified atom stereocenters. The first-order valence-corrected chi connectivity index (χ1v) is 11.2.